The quantitative estimate of drug-likeness (QED) is 0.807. The van der Waals surface area contributed by atoms with Crippen LogP contribution in [0, 0.1) is 11.7 Å². The molecule has 1 saturated heterocycles. The van der Waals surface area contributed by atoms with Gasteiger partial charge in [-0.05, 0) is 41.7 Å². The van der Waals surface area contributed by atoms with Crippen LogP contribution in [0.15, 0.2) is 48.5 Å². The highest BCUT2D eigenvalue weighted by atomic mass is 19.1. The molecule has 148 valence electrons. The third kappa shape index (κ3) is 3.69. The molecule has 4 rings (SSSR count). The zero-order valence-electron chi connectivity index (χ0n) is 16.1. The van der Waals surface area contributed by atoms with Crippen LogP contribution >= 0.6 is 0 Å². The van der Waals surface area contributed by atoms with E-state index in [0.717, 1.165) is 36.0 Å². The predicted molar refractivity (Wildman–Crippen MR) is 107 cm³/mol. The van der Waals surface area contributed by atoms with Crippen LogP contribution in [-0.2, 0) is 4.79 Å². The molecular formula is C23H27FN2O2. The van der Waals surface area contributed by atoms with E-state index in [2.05, 4.69) is 17.4 Å². The molecule has 2 N–H and O–H groups in total. The molecule has 1 saturated carbocycles. The third-order valence-corrected chi connectivity index (χ3v) is 6.25. The minimum atomic E-state index is -0.246. The molecule has 1 aliphatic heterocycles. The Morgan fingerprint density at radius 3 is 2.50 bits per heavy atom. The molecule has 2 aromatic carbocycles. The Morgan fingerprint density at radius 2 is 1.89 bits per heavy atom. The van der Waals surface area contributed by atoms with Gasteiger partial charge in [-0.2, -0.15) is 0 Å². The minimum absolute atomic E-state index is 0.00257. The van der Waals surface area contributed by atoms with Crippen LogP contribution in [0.25, 0.3) is 11.1 Å². The Morgan fingerprint density at radius 1 is 1.14 bits per heavy atom. The number of nitrogens with one attached hydrogen (secondary N) is 1. The summed E-state index contributed by atoms with van der Waals surface area (Å²) in [5.41, 5.74) is 2.94. The SMILES string of the molecule is CN(C[C@@H]1N[C@H](CO)[C@@H]1c1ccc(-c2cccc(F)c2)cc1)C(=O)C1CCC1. The number of nitrogens with zero attached hydrogens (tertiary/aromatic N) is 1. The monoisotopic (exact) mass is 382 g/mol. The van der Waals surface area contributed by atoms with Crippen LogP contribution in [-0.4, -0.2) is 48.2 Å². The van der Waals surface area contributed by atoms with E-state index in [1.807, 2.05) is 30.1 Å². The summed E-state index contributed by atoms with van der Waals surface area (Å²) in [6, 6.07) is 14.8. The second kappa shape index (κ2) is 8.02. The number of carbonyl (C=O) groups is 1. The maximum atomic E-state index is 13.5. The Bertz CT molecular complexity index is 835. The van der Waals surface area contributed by atoms with Crippen LogP contribution in [0.2, 0.25) is 0 Å². The van der Waals surface area contributed by atoms with E-state index < -0.39 is 0 Å². The maximum Gasteiger partial charge on any atom is 0.225 e. The number of halogens is 1. The third-order valence-electron chi connectivity index (χ3n) is 6.25. The highest BCUT2D eigenvalue weighted by Gasteiger charge is 2.42. The largest absolute Gasteiger partial charge is 0.395 e. The molecule has 1 heterocycles. The lowest BCUT2D eigenvalue weighted by atomic mass is 9.77. The van der Waals surface area contributed by atoms with Crippen molar-refractivity contribution in [3.05, 3.63) is 59.9 Å². The fraction of sp³-hybridized carbons (Fsp3) is 0.435. The summed E-state index contributed by atoms with van der Waals surface area (Å²) >= 11 is 0. The van der Waals surface area contributed by atoms with Gasteiger partial charge in [-0.25, -0.2) is 4.39 Å². The molecule has 2 fully saturated rings. The van der Waals surface area contributed by atoms with Crippen molar-refractivity contribution in [1.29, 1.82) is 0 Å². The number of carbonyl (C=O) groups excluding carboxylic acids is 1. The van der Waals surface area contributed by atoms with Gasteiger partial charge >= 0.3 is 0 Å². The van der Waals surface area contributed by atoms with Gasteiger partial charge in [0, 0.05) is 37.5 Å². The second-order valence-corrected chi connectivity index (χ2v) is 8.07. The number of hydrogen-bond acceptors (Lipinski definition) is 3. The maximum absolute atomic E-state index is 13.5. The van der Waals surface area contributed by atoms with Gasteiger partial charge in [0.05, 0.1) is 6.61 Å². The molecule has 28 heavy (non-hydrogen) atoms. The molecule has 0 aromatic heterocycles. The van der Waals surface area contributed by atoms with E-state index in [1.54, 1.807) is 6.07 Å². The molecule has 1 amide bonds. The highest BCUT2D eigenvalue weighted by molar-refractivity contribution is 5.79. The lowest BCUT2D eigenvalue weighted by molar-refractivity contribution is -0.137. The van der Waals surface area contributed by atoms with E-state index in [0.29, 0.717) is 6.54 Å². The van der Waals surface area contributed by atoms with Gasteiger partial charge in [-0.1, -0.05) is 42.8 Å². The predicted octanol–water partition coefficient (Wildman–Crippen LogP) is 3.17. The van der Waals surface area contributed by atoms with Crippen LogP contribution in [0.3, 0.4) is 0 Å². The molecule has 2 aromatic rings. The van der Waals surface area contributed by atoms with Crippen molar-refractivity contribution in [3.63, 3.8) is 0 Å². The van der Waals surface area contributed by atoms with Crippen molar-refractivity contribution in [1.82, 2.24) is 10.2 Å². The smallest absolute Gasteiger partial charge is 0.225 e. The lowest BCUT2D eigenvalue weighted by Gasteiger charge is -2.47. The van der Waals surface area contributed by atoms with Crippen molar-refractivity contribution in [2.45, 2.75) is 37.3 Å². The van der Waals surface area contributed by atoms with Crippen molar-refractivity contribution >= 4 is 5.91 Å². The summed E-state index contributed by atoms with van der Waals surface area (Å²) in [7, 11) is 1.87. The van der Waals surface area contributed by atoms with E-state index in [4.69, 9.17) is 0 Å². The second-order valence-electron chi connectivity index (χ2n) is 8.07. The van der Waals surface area contributed by atoms with E-state index in [9.17, 15) is 14.3 Å². The number of hydrogen-bond donors (Lipinski definition) is 2. The first-order valence-electron chi connectivity index (χ1n) is 10.0. The van der Waals surface area contributed by atoms with Crippen molar-refractivity contribution in [2.75, 3.05) is 20.2 Å². The number of aliphatic hydroxyl groups is 1. The summed E-state index contributed by atoms with van der Waals surface area (Å²) in [6.45, 7) is 0.704. The molecular weight excluding hydrogens is 355 g/mol. The van der Waals surface area contributed by atoms with Crippen molar-refractivity contribution < 1.29 is 14.3 Å². The van der Waals surface area contributed by atoms with Gasteiger partial charge in [-0.3, -0.25) is 4.79 Å². The first kappa shape index (κ1) is 19.1. The molecule has 0 bridgehead atoms. The minimum Gasteiger partial charge on any atom is -0.395 e. The number of amides is 1. The fourth-order valence-electron chi connectivity index (χ4n) is 4.36. The normalized spacial score (nSPS) is 24.3. The molecule has 3 atom stereocenters. The summed E-state index contributed by atoms with van der Waals surface area (Å²) in [6.07, 6.45) is 3.16. The highest BCUT2D eigenvalue weighted by Crippen LogP contribution is 2.35. The zero-order chi connectivity index (χ0) is 19.7. The number of likely N-dealkylation sites (N-methyl/N-ethyl adjacent to an activating group) is 1. The van der Waals surface area contributed by atoms with Gasteiger partial charge in [0.15, 0.2) is 0 Å². The summed E-state index contributed by atoms with van der Waals surface area (Å²) in [5, 5.41) is 13.1. The first-order chi connectivity index (χ1) is 13.6. The van der Waals surface area contributed by atoms with Crippen molar-refractivity contribution in [2.24, 2.45) is 5.92 Å². The average molecular weight is 382 g/mol. The van der Waals surface area contributed by atoms with Crippen LogP contribution in [0.4, 0.5) is 4.39 Å². The molecule has 0 radical (unpaired) electrons. The molecule has 4 nitrogen and oxygen atoms in total. The molecule has 0 spiro atoms. The summed E-state index contributed by atoms with van der Waals surface area (Å²) in [5.74, 6) is 0.343. The number of rotatable bonds is 6. The van der Waals surface area contributed by atoms with E-state index in [-0.39, 0.29) is 42.3 Å². The average Bonchev–Trinajstić information content (AvgIpc) is 2.63. The van der Waals surface area contributed by atoms with Crippen LogP contribution in [0.1, 0.15) is 30.7 Å². The number of aliphatic hydroxyl groups excluding tert-OH is 1. The van der Waals surface area contributed by atoms with Crippen LogP contribution in [0.5, 0.6) is 0 Å². The molecule has 2 aliphatic rings. The summed E-state index contributed by atoms with van der Waals surface area (Å²) in [4.78, 5) is 14.3. The molecule has 1 aliphatic carbocycles. The van der Waals surface area contributed by atoms with Gasteiger partial charge in [-0.15, -0.1) is 0 Å². The topological polar surface area (TPSA) is 52.6 Å². The van der Waals surface area contributed by atoms with Gasteiger partial charge in [0.1, 0.15) is 5.82 Å². The standard InChI is InChI=1S/C23H27FN2O2/c1-26(23(28)17-4-2-5-17)13-20-22(21(14-27)25-20)16-10-8-15(9-11-16)18-6-3-7-19(24)12-18/h3,6-12,17,20-22,25,27H,2,4-5,13-14H2,1H3/t20-,21+,22+/m0/s1. The van der Waals surface area contributed by atoms with Gasteiger partial charge < -0.3 is 15.3 Å². The van der Waals surface area contributed by atoms with E-state index in [1.165, 1.54) is 12.1 Å². The Hall–Kier alpha value is -2.24. The number of benzene rings is 2. The fourth-order valence-corrected chi connectivity index (χ4v) is 4.36. The zero-order valence-corrected chi connectivity index (χ0v) is 16.1. The Kier molecular flexibility index (Phi) is 5.47. The van der Waals surface area contributed by atoms with Gasteiger partial charge in [0.2, 0.25) is 5.91 Å². The first-order valence-corrected chi connectivity index (χ1v) is 10.0. The lowest BCUT2D eigenvalue weighted by Crippen LogP contribution is -2.65. The van der Waals surface area contributed by atoms with Gasteiger partial charge in [0.25, 0.3) is 0 Å². The molecule has 0 unspecified atom stereocenters. The Labute approximate surface area is 165 Å². The van der Waals surface area contributed by atoms with Crippen LogP contribution < -0.4 is 5.32 Å². The molecule has 5 heteroatoms. The summed E-state index contributed by atoms with van der Waals surface area (Å²) < 4.78 is 13.5. The van der Waals surface area contributed by atoms with Crippen molar-refractivity contribution in [3.8, 4) is 11.1 Å². The van der Waals surface area contributed by atoms with E-state index >= 15 is 0 Å². The Balaban J connectivity index is 1.46.